The molecule has 0 spiro atoms. The van der Waals surface area contributed by atoms with Crippen LogP contribution in [-0.4, -0.2) is 43.1 Å². The lowest BCUT2D eigenvalue weighted by Crippen LogP contribution is -2.53. The second-order valence-corrected chi connectivity index (χ2v) is 4.87. The molecule has 16 heavy (non-hydrogen) atoms. The second-order valence-electron chi connectivity index (χ2n) is 4.87. The summed E-state index contributed by atoms with van der Waals surface area (Å²) < 4.78 is 18.0. The molecule has 0 fully saturated rings. The lowest BCUT2D eigenvalue weighted by atomic mass is 9.74. The monoisotopic (exact) mass is 233 g/mol. The molecular weight excluding hydrogens is 213 g/mol. The van der Waals surface area contributed by atoms with E-state index in [0.29, 0.717) is 0 Å². The van der Waals surface area contributed by atoms with Gasteiger partial charge in [0.2, 0.25) is 0 Å². The van der Waals surface area contributed by atoms with E-state index in [4.69, 9.17) is 4.74 Å². The molecule has 0 aromatic heterocycles. The number of carbonyl (C=O) groups is 2. The highest BCUT2D eigenvalue weighted by Crippen LogP contribution is 2.35. The number of carbonyl (C=O) groups excluding carboxylic acids is 2. The van der Waals surface area contributed by atoms with Gasteiger partial charge in [-0.25, -0.2) is 4.79 Å². The van der Waals surface area contributed by atoms with Gasteiger partial charge in [0.15, 0.2) is 11.4 Å². The van der Waals surface area contributed by atoms with Crippen LogP contribution in [0.1, 0.15) is 27.7 Å². The van der Waals surface area contributed by atoms with Crippen LogP contribution in [0.2, 0.25) is 0 Å². The molecule has 94 valence electrons. The van der Waals surface area contributed by atoms with Crippen LogP contribution in [0.25, 0.3) is 0 Å². The number of Topliss-reactive ketones (excluding diaryl/α,β-unsaturated/α-hetero) is 1. The minimum atomic E-state index is -1.46. The average molecular weight is 233 g/mol. The van der Waals surface area contributed by atoms with Crippen molar-refractivity contribution in [3.63, 3.8) is 0 Å². The predicted octanol–water partition coefficient (Wildman–Crippen LogP) is 2.03. The molecule has 0 saturated carbocycles. The minimum Gasteiger partial charge on any atom is -0.434 e. The van der Waals surface area contributed by atoms with Gasteiger partial charge in [0.1, 0.15) is 0 Å². The first-order chi connectivity index (χ1) is 7.08. The smallest absolute Gasteiger partial charge is 0.410 e. The Kier molecular flexibility index (Phi) is 4.46. The SMILES string of the molecule is CC(=O)C(C)(OC(=O)N(C)C)C(C)(C)CF. The number of halogens is 1. The Morgan fingerprint density at radius 3 is 1.94 bits per heavy atom. The largest absolute Gasteiger partial charge is 0.434 e. The minimum absolute atomic E-state index is 0.370. The molecule has 4 nitrogen and oxygen atoms in total. The van der Waals surface area contributed by atoms with E-state index in [1.807, 2.05) is 0 Å². The zero-order chi connectivity index (χ0) is 13.1. The number of hydrogen-bond donors (Lipinski definition) is 0. The van der Waals surface area contributed by atoms with E-state index < -0.39 is 23.8 Å². The van der Waals surface area contributed by atoms with Crippen molar-refractivity contribution in [1.82, 2.24) is 4.90 Å². The average Bonchev–Trinajstić information content (AvgIpc) is 2.16. The maximum absolute atomic E-state index is 12.9. The van der Waals surface area contributed by atoms with Crippen LogP contribution < -0.4 is 0 Å². The Hall–Kier alpha value is -1.13. The molecular formula is C11H20FNO3. The molecule has 5 heteroatoms. The van der Waals surface area contributed by atoms with Gasteiger partial charge < -0.3 is 9.64 Å². The topological polar surface area (TPSA) is 46.6 Å². The van der Waals surface area contributed by atoms with Crippen LogP contribution in [0.5, 0.6) is 0 Å². The maximum Gasteiger partial charge on any atom is 0.410 e. The molecule has 0 aliphatic carbocycles. The fraction of sp³-hybridized carbons (Fsp3) is 0.818. The quantitative estimate of drug-likeness (QED) is 0.746. The molecule has 0 N–H and O–H groups in total. The van der Waals surface area contributed by atoms with Gasteiger partial charge in [-0.1, -0.05) is 13.8 Å². The Morgan fingerprint density at radius 1 is 1.25 bits per heavy atom. The third-order valence-electron chi connectivity index (χ3n) is 2.95. The summed E-state index contributed by atoms with van der Waals surface area (Å²) in [7, 11) is 3.01. The first-order valence-corrected chi connectivity index (χ1v) is 5.06. The summed E-state index contributed by atoms with van der Waals surface area (Å²) in [5.74, 6) is -0.370. The van der Waals surface area contributed by atoms with Gasteiger partial charge in [-0.3, -0.25) is 9.18 Å². The van der Waals surface area contributed by atoms with E-state index in [9.17, 15) is 14.0 Å². The molecule has 0 heterocycles. The summed E-state index contributed by atoms with van der Waals surface area (Å²) in [5.41, 5.74) is -2.51. The Balaban J connectivity index is 5.15. The molecule has 0 aliphatic heterocycles. The van der Waals surface area contributed by atoms with Crippen LogP contribution in [0.15, 0.2) is 0 Å². The number of rotatable bonds is 4. The molecule has 1 atom stereocenters. The van der Waals surface area contributed by atoms with E-state index in [2.05, 4.69) is 0 Å². The lowest BCUT2D eigenvalue weighted by Gasteiger charge is -2.40. The third-order valence-corrected chi connectivity index (χ3v) is 2.95. The summed E-state index contributed by atoms with van der Waals surface area (Å²) in [5, 5.41) is 0. The summed E-state index contributed by atoms with van der Waals surface area (Å²) in [6.45, 7) is 5.09. The van der Waals surface area contributed by atoms with Crippen molar-refractivity contribution >= 4 is 11.9 Å². The summed E-state index contributed by atoms with van der Waals surface area (Å²) >= 11 is 0. The molecule has 1 unspecified atom stereocenters. The number of amides is 1. The fourth-order valence-electron chi connectivity index (χ4n) is 1.08. The van der Waals surface area contributed by atoms with Gasteiger partial charge in [0, 0.05) is 19.5 Å². The Bertz CT molecular complexity index is 289. The van der Waals surface area contributed by atoms with Gasteiger partial charge in [-0.05, 0) is 13.8 Å². The first-order valence-electron chi connectivity index (χ1n) is 5.06. The van der Waals surface area contributed by atoms with Crippen LogP contribution in [0.3, 0.4) is 0 Å². The normalized spacial score (nSPS) is 15.2. The van der Waals surface area contributed by atoms with E-state index in [-0.39, 0.29) is 5.78 Å². The molecule has 0 aromatic carbocycles. The van der Waals surface area contributed by atoms with E-state index in [1.165, 1.54) is 32.8 Å². The molecule has 0 bridgehead atoms. The lowest BCUT2D eigenvalue weighted by molar-refractivity contribution is -0.149. The molecule has 0 aromatic rings. The molecule has 0 rings (SSSR count). The highest BCUT2D eigenvalue weighted by atomic mass is 19.1. The fourth-order valence-corrected chi connectivity index (χ4v) is 1.08. The highest BCUT2D eigenvalue weighted by Gasteiger charge is 2.49. The van der Waals surface area contributed by atoms with Crippen molar-refractivity contribution < 1.29 is 18.7 Å². The number of ketones is 1. The number of nitrogens with zero attached hydrogens (tertiary/aromatic N) is 1. The van der Waals surface area contributed by atoms with Gasteiger partial charge in [0.25, 0.3) is 0 Å². The van der Waals surface area contributed by atoms with Crippen molar-refractivity contribution in [3.05, 3.63) is 0 Å². The summed E-state index contributed by atoms with van der Waals surface area (Å²) in [6.07, 6.45) is -0.653. The highest BCUT2D eigenvalue weighted by molar-refractivity contribution is 5.88. The van der Waals surface area contributed by atoms with Crippen LogP contribution >= 0.6 is 0 Å². The van der Waals surface area contributed by atoms with E-state index >= 15 is 0 Å². The van der Waals surface area contributed by atoms with Gasteiger partial charge in [-0.15, -0.1) is 0 Å². The van der Waals surface area contributed by atoms with Gasteiger partial charge in [0.05, 0.1) is 6.67 Å². The van der Waals surface area contributed by atoms with Crippen molar-refractivity contribution in [2.24, 2.45) is 5.41 Å². The molecule has 1 amide bonds. The van der Waals surface area contributed by atoms with Crippen molar-refractivity contribution in [2.75, 3.05) is 20.8 Å². The Labute approximate surface area is 95.8 Å². The number of ether oxygens (including phenoxy) is 1. The molecule has 0 radical (unpaired) electrons. The first kappa shape index (κ1) is 14.9. The van der Waals surface area contributed by atoms with Crippen molar-refractivity contribution in [1.29, 1.82) is 0 Å². The summed E-state index contributed by atoms with van der Waals surface area (Å²) in [4.78, 5) is 24.2. The second kappa shape index (κ2) is 4.80. The summed E-state index contributed by atoms with van der Waals surface area (Å²) in [6, 6.07) is 0. The predicted molar refractivity (Wildman–Crippen MR) is 59.0 cm³/mol. The molecule has 0 saturated heterocycles. The third kappa shape index (κ3) is 2.71. The van der Waals surface area contributed by atoms with Gasteiger partial charge in [-0.2, -0.15) is 0 Å². The zero-order valence-corrected chi connectivity index (χ0v) is 10.8. The standard InChI is InChI=1S/C11H20FNO3/c1-8(14)11(4,10(2,3)7-12)16-9(15)13(5)6/h7H2,1-6H3. The number of alkyl halides is 1. The van der Waals surface area contributed by atoms with Crippen molar-refractivity contribution in [2.45, 2.75) is 33.3 Å². The number of hydrogen-bond acceptors (Lipinski definition) is 3. The van der Waals surface area contributed by atoms with E-state index in [0.717, 1.165) is 0 Å². The maximum atomic E-state index is 12.9. The Morgan fingerprint density at radius 2 is 1.69 bits per heavy atom. The van der Waals surface area contributed by atoms with Crippen LogP contribution in [0, 0.1) is 5.41 Å². The molecule has 0 aliphatic rings. The van der Waals surface area contributed by atoms with Crippen LogP contribution in [0.4, 0.5) is 9.18 Å². The van der Waals surface area contributed by atoms with Crippen molar-refractivity contribution in [3.8, 4) is 0 Å². The zero-order valence-electron chi connectivity index (χ0n) is 10.8. The van der Waals surface area contributed by atoms with Crippen LogP contribution in [-0.2, 0) is 9.53 Å². The van der Waals surface area contributed by atoms with E-state index in [1.54, 1.807) is 13.8 Å². The van der Waals surface area contributed by atoms with Gasteiger partial charge >= 0.3 is 6.09 Å².